The third-order valence-electron chi connectivity index (χ3n) is 4.86. The highest BCUT2D eigenvalue weighted by Gasteiger charge is 2.18. The first-order valence-corrected chi connectivity index (χ1v) is 11.3. The lowest BCUT2D eigenvalue weighted by molar-refractivity contribution is 0.0956. The summed E-state index contributed by atoms with van der Waals surface area (Å²) in [5.41, 5.74) is 3.32. The van der Waals surface area contributed by atoms with Crippen molar-refractivity contribution in [1.82, 2.24) is 10.3 Å². The highest BCUT2D eigenvalue weighted by Crippen LogP contribution is 2.31. The first-order chi connectivity index (χ1) is 14.2. The van der Waals surface area contributed by atoms with Crippen molar-refractivity contribution in [2.45, 2.75) is 19.3 Å². The van der Waals surface area contributed by atoms with E-state index >= 15 is 0 Å². The van der Waals surface area contributed by atoms with E-state index < -0.39 is 0 Å². The number of thiazole rings is 1. The van der Waals surface area contributed by atoms with Crippen LogP contribution >= 0.6 is 22.7 Å². The van der Waals surface area contributed by atoms with Gasteiger partial charge < -0.3 is 5.32 Å². The molecule has 0 saturated carbocycles. The molecule has 0 radical (unpaired) electrons. The van der Waals surface area contributed by atoms with Crippen LogP contribution in [0.25, 0.3) is 9.88 Å². The van der Waals surface area contributed by atoms with E-state index in [-0.39, 0.29) is 11.8 Å². The molecule has 0 bridgehead atoms. The van der Waals surface area contributed by atoms with Crippen molar-refractivity contribution >= 4 is 28.6 Å². The first-order valence-electron chi connectivity index (χ1n) is 9.62. The normalized spacial score (nSPS) is 11.0. The van der Waals surface area contributed by atoms with Crippen molar-refractivity contribution in [2.75, 3.05) is 6.54 Å². The van der Waals surface area contributed by atoms with E-state index in [1.54, 1.807) is 11.3 Å². The standard InChI is InChI=1S/C24H22N2OS2/c1-17-22(29-24(26-17)21-13-8-16-28-21)23(27)25-15-14-20(18-9-4-2-5-10-18)19-11-6-3-7-12-19/h2-13,16,20H,14-15H2,1H3,(H,25,27). The van der Waals surface area contributed by atoms with E-state index in [0.717, 1.165) is 22.0 Å². The van der Waals surface area contributed by atoms with Crippen LogP contribution in [0, 0.1) is 6.92 Å². The minimum absolute atomic E-state index is 0.0392. The summed E-state index contributed by atoms with van der Waals surface area (Å²) < 4.78 is 0. The maximum Gasteiger partial charge on any atom is 0.263 e. The number of thiophene rings is 1. The lowest BCUT2D eigenvalue weighted by Crippen LogP contribution is -2.25. The third kappa shape index (κ3) is 4.63. The molecule has 0 saturated heterocycles. The van der Waals surface area contributed by atoms with E-state index in [4.69, 9.17) is 0 Å². The molecule has 2 aromatic heterocycles. The van der Waals surface area contributed by atoms with Gasteiger partial charge in [-0.1, -0.05) is 66.7 Å². The van der Waals surface area contributed by atoms with Crippen LogP contribution in [-0.2, 0) is 0 Å². The predicted octanol–water partition coefficient (Wildman–Crippen LogP) is 6.13. The molecule has 0 aliphatic rings. The molecule has 1 N–H and O–H groups in total. The first kappa shape index (κ1) is 19.6. The average Bonchev–Trinajstić information content (AvgIpc) is 3.42. The van der Waals surface area contributed by atoms with E-state index in [1.807, 2.05) is 36.6 Å². The van der Waals surface area contributed by atoms with Gasteiger partial charge in [0.05, 0.1) is 10.6 Å². The van der Waals surface area contributed by atoms with Crippen molar-refractivity contribution in [2.24, 2.45) is 0 Å². The molecule has 29 heavy (non-hydrogen) atoms. The predicted molar refractivity (Wildman–Crippen MR) is 122 cm³/mol. The Morgan fingerprint density at radius 3 is 2.21 bits per heavy atom. The molecule has 0 unspecified atom stereocenters. The van der Waals surface area contributed by atoms with Gasteiger partial charge in [0, 0.05) is 12.5 Å². The number of carbonyl (C=O) groups excluding carboxylic acids is 1. The molecule has 2 aromatic carbocycles. The molecule has 2 heterocycles. The molecule has 0 aliphatic carbocycles. The molecule has 5 heteroatoms. The largest absolute Gasteiger partial charge is 0.351 e. The van der Waals surface area contributed by atoms with Gasteiger partial charge in [-0.25, -0.2) is 4.98 Å². The molecule has 3 nitrogen and oxygen atoms in total. The summed E-state index contributed by atoms with van der Waals surface area (Å²) in [5, 5.41) is 6.04. The number of carbonyl (C=O) groups is 1. The van der Waals surface area contributed by atoms with Crippen molar-refractivity contribution in [3.63, 3.8) is 0 Å². The number of nitrogens with zero attached hydrogens (tertiary/aromatic N) is 1. The summed E-state index contributed by atoms with van der Waals surface area (Å²) in [6.45, 7) is 2.51. The van der Waals surface area contributed by atoms with Crippen molar-refractivity contribution in [1.29, 1.82) is 0 Å². The van der Waals surface area contributed by atoms with Gasteiger partial charge in [-0.3, -0.25) is 4.79 Å². The van der Waals surface area contributed by atoms with Crippen LogP contribution in [0.2, 0.25) is 0 Å². The molecule has 4 rings (SSSR count). The second-order valence-electron chi connectivity index (χ2n) is 6.83. The molecule has 0 atom stereocenters. The zero-order valence-corrected chi connectivity index (χ0v) is 17.8. The SMILES string of the molecule is Cc1nc(-c2cccs2)sc1C(=O)NCCC(c1ccccc1)c1ccccc1. The molecule has 0 fully saturated rings. The molecule has 1 amide bonds. The quantitative estimate of drug-likeness (QED) is 0.392. The Hall–Kier alpha value is -2.76. The van der Waals surface area contributed by atoms with Gasteiger partial charge in [0.1, 0.15) is 9.88 Å². The van der Waals surface area contributed by atoms with Crippen LogP contribution in [0.15, 0.2) is 78.2 Å². The Kier molecular flexibility index (Phi) is 6.17. The second-order valence-corrected chi connectivity index (χ2v) is 8.78. The summed E-state index contributed by atoms with van der Waals surface area (Å²) >= 11 is 3.11. The zero-order chi connectivity index (χ0) is 20.1. The van der Waals surface area contributed by atoms with Crippen molar-refractivity contribution in [3.05, 3.63) is 99.9 Å². The van der Waals surface area contributed by atoms with Gasteiger partial charge in [-0.15, -0.1) is 22.7 Å². The topological polar surface area (TPSA) is 42.0 Å². The molecule has 0 spiro atoms. The average molecular weight is 419 g/mol. The van der Waals surface area contributed by atoms with Crippen molar-refractivity contribution in [3.8, 4) is 9.88 Å². The number of amides is 1. The number of aryl methyl sites for hydroxylation is 1. The fourth-order valence-electron chi connectivity index (χ4n) is 3.42. The number of aromatic nitrogens is 1. The Morgan fingerprint density at radius 1 is 0.966 bits per heavy atom. The van der Waals surface area contributed by atoms with E-state index in [2.05, 4.69) is 58.8 Å². The minimum atomic E-state index is -0.0392. The smallest absolute Gasteiger partial charge is 0.263 e. The Labute approximate surface area is 179 Å². The maximum absolute atomic E-state index is 12.8. The van der Waals surface area contributed by atoms with Crippen LogP contribution in [0.5, 0.6) is 0 Å². The minimum Gasteiger partial charge on any atom is -0.351 e. The van der Waals surface area contributed by atoms with E-state index in [9.17, 15) is 4.79 Å². The van der Waals surface area contributed by atoms with Crippen LogP contribution in [0.4, 0.5) is 0 Å². The molecule has 0 aliphatic heterocycles. The van der Waals surface area contributed by atoms with Crippen LogP contribution in [-0.4, -0.2) is 17.4 Å². The number of hydrogen-bond donors (Lipinski definition) is 1. The van der Waals surface area contributed by atoms with Gasteiger partial charge in [0.25, 0.3) is 5.91 Å². The lowest BCUT2D eigenvalue weighted by Gasteiger charge is -2.18. The molecule has 4 aromatic rings. The van der Waals surface area contributed by atoms with E-state index in [0.29, 0.717) is 11.4 Å². The maximum atomic E-state index is 12.8. The number of rotatable bonds is 7. The van der Waals surface area contributed by atoms with Crippen LogP contribution in [0.1, 0.15) is 38.8 Å². The van der Waals surface area contributed by atoms with Gasteiger partial charge in [0.15, 0.2) is 0 Å². The highest BCUT2D eigenvalue weighted by molar-refractivity contribution is 7.22. The Morgan fingerprint density at radius 2 is 1.62 bits per heavy atom. The number of benzene rings is 2. The fourth-order valence-corrected chi connectivity index (χ4v) is 5.20. The second kappa shape index (κ2) is 9.16. The van der Waals surface area contributed by atoms with E-state index in [1.165, 1.54) is 22.5 Å². The molecule has 146 valence electrons. The number of hydrogen-bond acceptors (Lipinski definition) is 4. The van der Waals surface area contributed by atoms with Gasteiger partial charge >= 0.3 is 0 Å². The summed E-state index contributed by atoms with van der Waals surface area (Å²) in [7, 11) is 0. The van der Waals surface area contributed by atoms with Gasteiger partial charge in [-0.2, -0.15) is 0 Å². The Balaban J connectivity index is 1.45. The van der Waals surface area contributed by atoms with Crippen LogP contribution < -0.4 is 5.32 Å². The summed E-state index contributed by atoms with van der Waals surface area (Å²) in [5.74, 6) is 0.213. The third-order valence-corrected chi connectivity index (χ3v) is 7.05. The summed E-state index contributed by atoms with van der Waals surface area (Å²) in [6, 6.07) is 25.0. The zero-order valence-electron chi connectivity index (χ0n) is 16.2. The highest BCUT2D eigenvalue weighted by atomic mass is 32.1. The fraction of sp³-hybridized carbons (Fsp3) is 0.167. The monoisotopic (exact) mass is 418 g/mol. The van der Waals surface area contributed by atoms with Crippen LogP contribution in [0.3, 0.4) is 0 Å². The molecular weight excluding hydrogens is 396 g/mol. The number of nitrogens with one attached hydrogen (secondary N) is 1. The summed E-state index contributed by atoms with van der Waals surface area (Å²) in [6.07, 6.45) is 0.843. The van der Waals surface area contributed by atoms with Gasteiger partial charge in [0.2, 0.25) is 0 Å². The Bertz CT molecular complexity index is 1020. The summed E-state index contributed by atoms with van der Waals surface area (Å²) in [4.78, 5) is 19.1. The molecular formula is C24H22N2OS2. The lowest BCUT2D eigenvalue weighted by atomic mass is 9.88. The van der Waals surface area contributed by atoms with Gasteiger partial charge in [-0.05, 0) is 35.9 Å². The van der Waals surface area contributed by atoms with Crippen molar-refractivity contribution < 1.29 is 4.79 Å².